The van der Waals surface area contributed by atoms with Crippen LogP contribution in [0.4, 0.5) is 0 Å². The molecule has 1 aromatic carbocycles. The van der Waals surface area contributed by atoms with Crippen molar-refractivity contribution < 1.29 is 13.5 Å². The molecule has 0 unspecified atom stereocenters. The van der Waals surface area contributed by atoms with Gasteiger partial charge < -0.3 is 5.11 Å². The fourth-order valence-electron chi connectivity index (χ4n) is 1.63. The molecule has 1 rings (SSSR count). The van der Waals surface area contributed by atoms with E-state index in [4.69, 9.17) is 5.11 Å². The quantitative estimate of drug-likeness (QED) is 0.834. The molecule has 0 fully saturated rings. The van der Waals surface area contributed by atoms with Crippen LogP contribution in [0.1, 0.15) is 19.4 Å². The van der Waals surface area contributed by atoms with Gasteiger partial charge in [-0.1, -0.05) is 26.0 Å². The third-order valence-electron chi connectivity index (χ3n) is 2.65. The van der Waals surface area contributed by atoms with E-state index >= 15 is 0 Å². The zero-order chi connectivity index (χ0) is 12.9. The summed E-state index contributed by atoms with van der Waals surface area (Å²) in [7, 11) is -3.47. The molecule has 1 aromatic rings. The molecule has 0 heterocycles. The standard InChI is InChI=1S/C12H19NO3S/c1-3-11-6-5-7-12(10-11)17(15,16)13(4-2)8-9-14/h5-7,10,14H,3-4,8-9H2,1-2H3. The summed E-state index contributed by atoms with van der Waals surface area (Å²) in [6.07, 6.45) is 0.801. The highest BCUT2D eigenvalue weighted by atomic mass is 32.2. The minimum absolute atomic E-state index is 0.134. The first-order valence-corrected chi connectivity index (χ1v) is 7.20. The zero-order valence-electron chi connectivity index (χ0n) is 10.3. The molecule has 0 spiro atoms. The third-order valence-corrected chi connectivity index (χ3v) is 4.62. The van der Waals surface area contributed by atoms with Crippen LogP contribution in [-0.4, -0.2) is 37.5 Å². The summed E-state index contributed by atoms with van der Waals surface area (Å²) in [5.41, 5.74) is 0.992. The molecule has 0 aliphatic carbocycles. The maximum atomic E-state index is 12.2. The van der Waals surface area contributed by atoms with Crippen LogP contribution in [0.5, 0.6) is 0 Å². The second-order valence-corrected chi connectivity index (χ2v) is 5.66. The third kappa shape index (κ3) is 3.28. The summed E-state index contributed by atoms with van der Waals surface area (Å²) in [5, 5.41) is 8.87. The molecule has 0 aliphatic heterocycles. The Bertz CT molecular complexity index is 457. The van der Waals surface area contributed by atoms with Gasteiger partial charge in [-0.05, 0) is 24.1 Å². The average molecular weight is 257 g/mol. The van der Waals surface area contributed by atoms with Gasteiger partial charge in [-0.15, -0.1) is 0 Å². The van der Waals surface area contributed by atoms with Crippen molar-refractivity contribution in [2.75, 3.05) is 19.7 Å². The largest absolute Gasteiger partial charge is 0.395 e. The van der Waals surface area contributed by atoms with E-state index in [-0.39, 0.29) is 13.2 Å². The number of benzene rings is 1. The molecule has 1 N–H and O–H groups in total. The topological polar surface area (TPSA) is 57.6 Å². The predicted molar refractivity (Wildman–Crippen MR) is 67.3 cm³/mol. The highest BCUT2D eigenvalue weighted by molar-refractivity contribution is 7.89. The Balaban J connectivity index is 3.10. The van der Waals surface area contributed by atoms with E-state index in [1.807, 2.05) is 13.0 Å². The smallest absolute Gasteiger partial charge is 0.243 e. The summed E-state index contributed by atoms with van der Waals surface area (Å²) < 4.78 is 25.8. The first kappa shape index (κ1) is 14.2. The fraction of sp³-hybridized carbons (Fsp3) is 0.500. The highest BCUT2D eigenvalue weighted by Crippen LogP contribution is 2.17. The van der Waals surface area contributed by atoms with E-state index in [1.54, 1.807) is 25.1 Å². The van der Waals surface area contributed by atoms with E-state index in [1.165, 1.54) is 4.31 Å². The molecule has 17 heavy (non-hydrogen) atoms. The number of likely N-dealkylation sites (N-methyl/N-ethyl adjacent to an activating group) is 1. The normalized spacial score (nSPS) is 12.0. The fourth-order valence-corrected chi connectivity index (χ4v) is 3.15. The van der Waals surface area contributed by atoms with Crippen LogP contribution >= 0.6 is 0 Å². The van der Waals surface area contributed by atoms with Crippen LogP contribution in [-0.2, 0) is 16.4 Å². The number of hydrogen-bond donors (Lipinski definition) is 1. The van der Waals surface area contributed by atoms with Crippen LogP contribution in [0, 0.1) is 0 Å². The molecule has 5 heteroatoms. The van der Waals surface area contributed by atoms with Crippen LogP contribution in [0.25, 0.3) is 0 Å². The number of sulfonamides is 1. The highest BCUT2D eigenvalue weighted by Gasteiger charge is 2.22. The minimum atomic E-state index is -3.47. The summed E-state index contributed by atoms with van der Waals surface area (Å²) >= 11 is 0. The van der Waals surface area contributed by atoms with Crippen LogP contribution in [0.15, 0.2) is 29.2 Å². The maximum absolute atomic E-state index is 12.2. The lowest BCUT2D eigenvalue weighted by molar-refractivity contribution is 0.257. The monoisotopic (exact) mass is 257 g/mol. The molecule has 0 aromatic heterocycles. The molecular weight excluding hydrogens is 238 g/mol. The maximum Gasteiger partial charge on any atom is 0.243 e. The van der Waals surface area contributed by atoms with Crippen LogP contribution < -0.4 is 0 Å². The second-order valence-electron chi connectivity index (χ2n) is 3.72. The summed E-state index contributed by atoms with van der Waals surface area (Å²) in [6.45, 7) is 4.07. The first-order chi connectivity index (χ1) is 8.06. The molecule has 0 radical (unpaired) electrons. The molecule has 4 nitrogen and oxygen atoms in total. The van der Waals surface area contributed by atoms with Gasteiger partial charge in [0, 0.05) is 13.1 Å². The Morgan fingerprint density at radius 3 is 2.53 bits per heavy atom. The van der Waals surface area contributed by atoms with Gasteiger partial charge in [-0.3, -0.25) is 0 Å². The molecule has 0 saturated heterocycles. The summed E-state index contributed by atoms with van der Waals surface area (Å²) in [6, 6.07) is 6.93. The number of aliphatic hydroxyl groups excluding tert-OH is 1. The number of aryl methyl sites for hydroxylation is 1. The molecule has 0 bridgehead atoms. The summed E-state index contributed by atoms with van der Waals surface area (Å²) in [5.74, 6) is 0. The van der Waals surface area contributed by atoms with E-state index in [0.717, 1.165) is 12.0 Å². The van der Waals surface area contributed by atoms with Crippen LogP contribution in [0.2, 0.25) is 0 Å². The average Bonchev–Trinajstić information content (AvgIpc) is 2.35. The predicted octanol–water partition coefficient (Wildman–Crippen LogP) is 1.25. The lowest BCUT2D eigenvalue weighted by Crippen LogP contribution is -2.33. The Morgan fingerprint density at radius 2 is 2.00 bits per heavy atom. The van der Waals surface area contributed by atoms with Gasteiger partial charge in [0.15, 0.2) is 0 Å². The van der Waals surface area contributed by atoms with E-state index in [2.05, 4.69) is 0 Å². The second kappa shape index (κ2) is 6.14. The molecule has 0 aliphatic rings. The van der Waals surface area contributed by atoms with Crippen molar-refractivity contribution in [2.45, 2.75) is 25.2 Å². The van der Waals surface area contributed by atoms with Crippen molar-refractivity contribution in [1.29, 1.82) is 0 Å². The van der Waals surface area contributed by atoms with Crippen molar-refractivity contribution in [3.63, 3.8) is 0 Å². The number of hydrogen-bond acceptors (Lipinski definition) is 3. The summed E-state index contributed by atoms with van der Waals surface area (Å²) in [4.78, 5) is 0.298. The van der Waals surface area contributed by atoms with Gasteiger partial charge in [0.1, 0.15) is 0 Å². The van der Waals surface area contributed by atoms with Gasteiger partial charge in [0.2, 0.25) is 10.0 Å². The lowest BCUT2D eigenvalue weighted by atomic mass is 10.2. The molecule has 96 valence electrons. The Kier molecular flexibility index (Phi) is 5.11. The van der Waals surface area contributed by atoms with Crippen molar-refractivity contribution in [2.24, 2.45) is 0 Å². The Labute approximate surface area is 103 Å². The van der Waals surface area contributed by atoms with Crippen molar-refractivity contribution in [1.82, 2.24) is 4.31 Å². The Hall–Kier alpha value is -0.910. The van der Waals surface area contributed by atoms with Crippen molar-refractivity contribution in [3.8, 4) is 0 Å². The minimum Gasteiger partial charge on any atom is -0.395 e. The van der Waals surface area contributed by atoms with Gasteiger partial charge in [-0.2, -0.15) is 4.31 Å². The molecule has 0 saturated carbocycles. The number of aliphatic hydroxyl groups is 1. The van der Waals surface area contributed by atoms with E-state index in [0.29, 0.717) is 11.4 Å². The SMILES string of the molecule is CCc1cccc(S(=O)(=O)N(CC)CCO)c1. The lowest BCUT2D eigenvalue weighted by Gasteiger charge is -2.19. The van der Waals surface area contributed by atoms with Gasteiger partial charge in [0.05, 0.1) is 11.5 Å². The van der Waals surface area contributed by atoms with Gasteiger partial charge in [-0.25, -0.2) is 8.42 Å². The van der Waals surface area contributed by atoms with E-state index in [9.17, 15) is 8.42 Å². The molecular formula is C12H19NO3S. The van der Waals surface area contributed by atoms with E-state index < -0.39 is 10.0 Å². The van der Waals surface area contributed by atoms with Gasteiger partial charge >= 0.3 is 0 Å². The Morgan fingerprint density at radius 1 is 1.29 bits per heavy atom. The zero-order valence-corrected chi connectivity index (χ0v) is 11.1. The van der Waals surface area contributed by atoms with Crippen molar-refractivity contribution >= 4 is 10.0 Å². The van der Waals surface area contributed by atoms with Gasteiger partial charge in [0.25, 0.3) is 0 Å². The first-order valence-electron chi connectivity index (χ1n) is 5.76. The van der Waals surface area contributed by atoms with Crippen molar-refractivity contribution in [3.05, 3.63) is 29.8 Å². The molecule has 0 amide bonds. The van der Waals surface area contributed by atoms with Crippen LogP contribution in [0.3, 0.4) is 0 Å². The number of nitrogens with zero attached hydrogens (tertiary/aromatic N) is 1. The number of rotatable bonds is 6. The molecule has 0 atom stereocenters.